The van der Waals surface area contributed by atoms with Crippen molar-refractivity contribution in [2.24, 2.45) is 0 Å². The summed E-state index contributed by atoms with van der Waals surface area (Å²) in [7, 11) is 1.85. The third kappa shape index (κ3) is 3.15. The van der Waals surface area contributed by atoms with E-state index in [0.29, 0.717) is 5.69 Å². The van der Waals surface area contributed by atoms with Gasteiger partial charge in [-0.25, -0.2) is 0 Å². The molecule has 0 unspecified atom stereocenters. The normalized spacial score (nSPS) is 17.8. The molecule has 1 heterocycles. The van der Waals surface area contributed by atoms with Crippen LogP contribution in [0.2, 0.25) is 10.3 Å². The average Bonchev–Trinajstić information content (AvgIpc) is 2.41. The van der Waals surface area contributed by atoms with E-state index in [1.54, 1.807) is 6.07 Å². The minimum Gasteiger partial charge on any atom is -0.481 e. The summed E-state index contributed by atoms with van der Waals surface area (Å²) in [5, 5.41) is 17.2. The van der Waals surface area contributed by atoms with Gasteiger partial charge in [0.15, 0.2) is 10.3 Å². The summed E-state index contributed by atoms with van der Waals surface area (Å²) in [6.07, 6.45) is 4.90. The van der Waals surface area contributed by atoms with Crippen molar-refractivity contribution in [3.8, 4) is 0 Å². The quantitative estimate of drug-likeness (QED) is 0.921. The SMILES string of the molecule is CN(c1cc(Cl)nnc1Cl)C1(CC(=O)O)CCCCC1. The van der Waals surface area contributed by atoms with Crippen molar-refractivity contribution in [1.82, 2.24) is 10.2 Å². The van der Waals surface area contributed by atoms with Crippen LogP contribution in [0.15, 0.2) is 6.07 Å². The second-order valence-electron chi connectivity index (χ2n) is 5.26. The Hall–Kier alpha value is -1.07. The number of hydrogen-bond acceptors (Lipinski definition) is 4. The summed E-state index contributed by atoms with van der Waals surface area (Å²) >= 11 is 12.0. The van der Waals surface area contributed by atoms with Crippen molar-refractivity contribution in [3.63, 3.8) is 0 Å². The van der Waals surface area contributed by atoms with E-state index in [4.69, 9.17) is 23.2 Å². The zero-order valence-electron chi connectivity index (χ0n) is 11.3. The van der Waals surface area contributed by atoms with Gasteiger partial charge in [0.1, 0.15) is 0 Å². The summed E-state index contributed by atoms with van der Waals surface area (Å²) in [6, 6.07) is 1.63. The van der Waals surface area contributed by atoms with Crippen molar-refractivity contribution in [3.05, 3.63) is 16.4 Å². The Morgan fingerprint density at radius 3 is 2.60 bits per heavy atom. The van der Waals surface area contributed by atoms with E-state index in [0.717, 1.165) is 32.1 Å². The first-order valence-corrected chi connectivity index (χ1v) is 7.34. The van der Waals surface area contributed by atoms with E-state index in [2.05, 4.69) is 10.2 Å². The van der Waals surface area contributed by atoms with E-state index < -0.39 is 11.5 Å². The molecule has 0 atom stereocenters. The van der Waals surface area contributed by atoms with Crippen LogP contribution in [0.4, 0.5) is 5.69 Å². The number of carboxylic acids is 1. The lowest BCUT2D eigenvalue weighted by atomic mass is 9.78. The minimum absolute atomic E-state index is 0.0831. The summed E-state index contributed by atoms with van der Waals surface area (Å²) in [4.78, 5) is 13.2. The molecule has 0 bridgehead atoms. The molecule has 7 heteroatoms. The molecule has 1 N–H and O–H groups in total. The fraction of sp³-hybridized carbons (Fsp3) is 0.615. The standard InChI is InChI=1S/C13H17Cl2N3O2/c1-18(9-7-10(14)16-17-12(9)15)13(8-11(19)20)5-3-2-4-6-13/h7H,2-6,8H2,1H3,(H,19,20). The number of hydrogen-bond donors (Lipinski definition) is 1. The van der Waals surface area contributed by atoms with Gasteiger partial charge in [0.2, 0.25) is 0 Å². The molecule has 1 aromatic rings. The largest absolute Gasteiger partial charge is 0.481 e. The molecule has 1 aliphatic rings. The molecule has 2 rings (SSSR count). The van der Waals surface area contributed by atoms with E-state index >= 15 is 0 Å². The van der Waals surface area contributed by atoms with Gasteiger partial charge < -0.3 is 10.0 Å². The van der Waals surface area contributed by atoms with Gasteiger partial charge in [0.25, 0.3) is 0 Å². The Morgan fingerprint density at radius 1 is 1.35 bits per heavy atom. The molecule has 0 spiro atoms. The Bertz CT molecular complexity index is 504. The van der Waals surface area contributed by atoms with E-state index in [1.807, 2.05) is 11.9 Å². The molecule has 0 aliphatic heterocycles. The van der Waals surface area contributed by atoms with Gasteiger partial charge in [-0.1, -0.05) is 42.5 Å². The first-order chi connectivity index (χ1) is 9.44. The van der Waals surface area contributed by atoms with Crippen LogP contribution in [0.1, 0.15) is 38.5 Å². The fourth-order valence-electron chi connectivity index (χ4n) is 2.96. The first-order valence-electron chi connectivity index (χ1n) is 6.59. The Balaban J connectivity index is 2.37. The van der Waals surface area contributed by atoms with Crippen molar-refractivity contribution in [1.29, 1.82) is 0 Å². The number of rotatable bonds is 4. The monoisotopic (exact) mass is 317 g/mol. The number of anilines is 1. The zero-order valence-corrected chi connectivity index (χ0v) is 12.8. The van der Waals surface area contributed by atoms with Crippen LogP contribution in [0, 0.1) is 0 Å². The highest BCUT2D eigenvalue weighted by molar-refractivity contribution is 6.33. The summed E-state index contributed by atoms with van der Waals surface area (Å²) in [5.74, 6) is -0.803. The van der Waals surface area contributed by atoms with Crippen LogP contribution in [-0.2, 0) is 4.79 Å². The van der Waals surface area contributed by atoms with Gasteiger partial charge in [-0.2, -0.15) is 0 Å². The maximum absolute atomic E-state index is 11.2. The molecule has 1 aliphatic carbocycles. The second-order valence-corrected chi connectivity index (χ2v) is 6.00. The summed E-state index contributed by atoms with van der Waals surface area (Å²) < 4.78 is 0. The Kier molecular flexibility index (Phi) is 4.70. The lowest BCUT2D eigenvalue weighted by Gasteiger charge is -2.45. The van der Waals surface area contributed by atoms with Gasteiger partial charge in [-0.3, -0.25) is 4.79 Å². The lowest BCUT2D eigenvalue weighted by Crippen LogP contribution is -2.50. The highest BCUT2D eigenvalue weighted by Crippen LogP contribution is 2.40. The smallest absolute Gasteiger partial charge is 0.305 e. The zero-order chi connectivity index (χ0) is 14.8. The number of aromatic nitrogens is 2. The highest BCUT2D eigenvalue weighted by Gasteiger charge is 2.39. The van der Waals surface area contributed by atoms with Gasteiger partial charge >= 0.3 is 5.97 Å². The topological polar surface area (TPSA) is 66.3 Å². The summed E-state index contributed by atoms with van der Waals surface area (Å²) in [6.45, 7) is 0. The fourth-order valence-corrected chi connectivity index (χ4v) is 3.32. The van der Waals surface area contributed by atoms with Crippen molar-refractivity contribution in [2.75, 3.05) is 11.9 Å². The van der Waals surface area contributed by atoms with E-state index in [1.165, 1.54) is 0 Å². The Morgan fingerprint density at radius 2 is 2.00 bits per heavy atom. The maximum Gasteiger partial charge on any atom is 0.305 e. The lowest BCUT2D eigenvalue weighted by molar-refractivity contribution is -0.138. The molecule has 1 fully saturated rings. The average molecular weight is 318 g/mol. The number of aliphatic carboxylic acids is 1. The van der Waals surface area contributed by atoms with Crippen LogP contribution in [0.5, 0.6) is 0 Å². The third-order valence-corrected chi connectivity index (χ3v) is 4.49. The van der Waals surface area contributed by atoms with Gasteiger partial charge in [-0.05, 0) is 12.8 Å². The molecule has 0 amide bonds. The molecule has 1 saturated carbocycles. The molecule has 20 heavy (non-hydrogen) atoms. The van der Waals surface area contributed by atoms with Crippen LogP contribution in [0.3, 0.4) is 0 Å². The van der Waals surface area contributed by atoms with Crippen LogP contribution >= 0.6 is 23.2 Å². The van der Waals surface area contributed by atoms with E-state index in [-0.39, 0.29) is 16.7 Å². The van der Waals surface area contributed by atoms with Gasteiger partial charge in [0.05, 0.1) is 17.6 Å². The van der Waals surface area contributed by atoms with Crippen molar-refractivity contribution < 1.29 is 9.90 Å². The van der Waals surface area contributed by atoms with E-state index in [9.17, 15) is 9.90 Å². The molecule has 1 aromatic heterocycles. The van der Waals surface area contributed by atoms with Gasteiger partial charge in [0, 0.05) is 13.1 Å². The molecule has 0 radical (unpaired) electrons. The number of carbonyl (C=O) groups is 1. The predicted molar refractivity (Wildman–Crippen MR) is 78.5 cm³/mol. The van der Waals surface area contributed by atoms with Gasteiger partial charge in [-0.15, -0.1) is 10.2 Å². The molecule has 0 aromatic carbocycles. The van der Waals surface area contributed by atoms with Crippen LogP contribution in [-0.4, -0.2) is 33.9 Å². The summed E-state index contributed by atoms with van der Waals surface area (Å²) in [5.41, 5.74) is 0.204. The predicted octanol–water partition coefficient (Wildman–Crippen LogP) is 3.40. The molecular formula is C13H17Cl2N3O2. The molecule has 110 valence electrons. The third-order valence-electron chi connectivity index (χ3n) is 4.04. The minimum atomic E-state index is -0.803. The first kappa shape index (κ1) is 15.3. The van der Waals surface area contributed by atoms with Crippen molar-refractivity contribution >= 4 is 34.9 Å². The molecule has 0 saturated heterocycles. The highest BCUT2D eigenvalue weighted by atomic mass is 35.5. The number of carboxylic acid groups (broad SMARTS) is 1. The second kappa shape index (κ2) is 6.14. The van der Waals surface area contributed by atoms with Crippen LogP contribution < -0.4 is 4.90 Å². The molecular weight excluding hydrogens is 301 g/mol. The maximum atomic E-state index is 11.2. The van der Waals surface area contributed by atoms with Crippen molar-refractivity contribution in [2.45, 2.75) is 44.1 Å². The number of halogens is 2. The van der Waals surface area contributed by atoms with Crippen LogP contribution in [0.25, 0.3) is 0 Å². The molecule has 5 nitrogen and oxygen atoms in total. The number of nitrogens with zero attached hydrogens (tertiary/aromatic N) is 3. The Labute approximate surface area is 127 Å².